The van der Waals surface area contributed by atoms with Gasteiger partial charge in [0.15, 0.2) is 11.6 Å². The first-order valence-corrected chi connectivity index (χ1v) is 9.00. The first kappa shape index (κ1) is 20.1. The maximum absolute atomic E-state index is 14.2. The quantitative estimate of drug-likeness (QED) is 0.830. The Labute approximate surface area is 154 Å². The average molecular weight is 405 g/mol. The summed E-state index contributed by atoms with van der Waals surface area (Å²) in [5.74, 6) is -3.80. The molecule has 0 atom stereocenters. The van der Waals surface area contributed by atoms with Crippen molar-refractivity contribution in [2.45, 2.75) is 6.92 Å². The van der Waals surface area contributed by atoms with Crippen LogP contribution in [0.25, 0.3) is 0 Å². The molecule has 0 aliphatic carbocycles. The average Bonchev–Trinajstić information content (AvgIpc) is 2.53. The molecule has 6 nitrogen and oxygen atoms in total. The van der Waals surface area contributed by atoms with Crippen molar-refractivity contribution in [2.75, 3.05) is 14.1 Å². The Bertz CT molecular complexity index is 965. The van der Waals surface area contributed by atoms with Crippen LogP contribution in [0, 0.1) is 18.6 Å². The van der Waals surface area contributed by atoms with Crippen LogP contribution >= 0.6 is 11.6 Å². The van der Waals surface area contributed by atoms with Crippen LogP contribution in [0.2, 0.25) is 5.02 Å². The third-order valence-corrected chi connectivity index (χ3v) is 5.15. The predicted octanol–water partition coefficient (Wildman–Crippen LogP) is 3.26. The van der Waals surface area contributed by atoms with Crippen molar-refractivity contribution in [1.29, 1.82) is 0 Å². The van der Waals surface area contributed by atoms with Crippen LogP contribution in [-0.2, 0) is 10.2 Å². The molecule has 0 heterocycles. The molecule has 0 aliphatic rings. The lowest BCUT2D eigenvalue weighted by Crippen LogP contribution is -2.39. The van der Waals surface area contributed by atoms with E-state index in [1.165, 1.54) is 26.2 Å². The lowest BCUT2D eigenvalue weighted by Gasteiger charge is -2.13. The standard InChI is InChI=1S/C16H15ClF2N2O4S/c1-9-4-5-10(6-12(9)17)25-15-8-13(18)11(7-14(15)19)16(22)20-26(23,24)21(2)3/h4-8H,1-3H3,(H,20,22). The smallest absolute Gasteiger partial charge is 0.303 e. The number of nitrogens with zero attached hydrogens (tertiary/aromatic N) is 1. The van der Waals surface area contributed by atoms with Crippen LogP contribution in [0.3, 0.4) is 0 Å². The van der Waals surface area contributed by atoms with E-state index in [1.54, 1.807) is 17.7 Å². The van der Waals surface area contributed by atoms with E-state index in [0.717, 1.165) is 9.87 Å². The summed E-state index contributed by atoms with van der Waals surface area (Å²) in [5.41, 5.74) is 0.00185. The number of hydrogen-bond acceptors (Lipinski definition) is 4. The molecule has 2 rings (SSSR count). The highest BCUT2D eigenvalue weighted by Gasteiger charge is 2.23. The van der Waals surface area contributed by atoms with Gasteiger partial charge in [0.05, 0.1) is 5.56 Å². The number of rotatable bonds is 5. The zero-order valence-electron chi connectivity index (χ0n) is 14.0. The van der Waals surface area contributed by atoms with Gasteiger partial charge >= 0.3 is 10.2 Å². The molecular weight excluding hydrogens is 390 g/mol. The van der Waals surface area contributed by atoms with E-state index in [-0.39, 0.29) is 5.75 Å². The molecule has 0 bridgehead atoms. The van der Waals surface area contributed by atoms with Crippen molar-refractivity contribution >= 4 is 27.7 Å². The van der Waals surface area contributed by atoms with Gasteiger partial charge in [0.25, 0.3) is 5.91 Å². The van der Waals surface area contributed by atoms with Gasteiger partial charge in [0.1, 0.15) is 11.6 Å². The summed E-state index contributed by atoms with van der Waals surface area (Å²) in [4.78, 5) is 11.9. The molecule has 2 aromatic rings. The van der Waals surface area contributed by atoms with Gasteiger partial charge < -0.3 is 4.74 Å². The number of nitrogens with one attached hydrogen (secondary N) is 1. The van der Waals surface area contributed by atoms with E-state index in [2.05, 4.69) is 0 Å². The Kier molecular flexibility index (Phi) is 5.84. The Balaban J connectivity index is 2.30. The topological polar surface area (TPSA) is 75.7 Å². The lowest BCUT2D eigenvalue weighted by atomic mass is 10.2. The molecule has 0 spiro atoms. The molecule has 0 radical (unpaired) electrons. The molecule has 0 saturated carbocycles. The van der Waals surface area contributed by atoms with E-state index in [0.29, 0.717) is 17.2 Å². The third kappa shape index (κ3) is 4.48. The molecule has 0 aliphatic heterocycles. The van der Waals surface area contributed by atoms with Gasteiger partial charge in [-0.25, -0.2) is 13.5 Å². The summed E-state index contributed by atoms with van der Waals surface area (Å²) >= 11 is 5.94. The van der Waals surface area contributed by atoms with Crippen LogP contribution in [0.15, 0.2) is 30.3 Å². The second-order valence-electron chi connectivity index (χ2n) is 5.49. The maximum atomic E-state index is 14.2. The largest absolute Gasteiger partial charge is 0.454 e. The van der Waals surface area contributed by atoms with Crippen molar-refractivity contribution in [1.82, 2.24) is 9.03 Å². The van der Waals surface area contributed by atoms with E-state index >= 15 is 0 Å². The number of carbonyl (C=O) groups excluding carboxylic acids is 1. The van der Waals surface area contributed by atoms with Gasteiger partial charge in [0, 0.05) is 25.2 Å². The van der Waals surface area contributed by atoms with Crippen molar-refractivity contribution < 1.29 is 26.7 Å². The van der Waals surface area contributed by atoms with Gasteiger partial charge in [-0.2, -0.15) is 12.7 Å². The van der Waals surface area contributed by atoms with Crippen molar-refractivity contribution in [3.63, 3.8) is 0 Å². The zero-order valence-corrected chi connectivity index (χ0v) is 15.6. The van der Waals surface area contributed by atoms with Crippen LogP contribution in [0.1, 0.15) is 15.9 Å². The maximum Gasteiger partial charge on any atom is 0.303 e. The molecule has 0 aromatic heterocycles. The molecular formula is C16H15ClF2N2O4S. The molecule has 2 aromatic carbocycles. The third-order valence-electron chi connectivity index (χ3n) is 3.34. The fraction of sp³-hybridized carbons (Fsp3) is 0.188. The van der Waals surface area contributed by atoms with Crippen LogP contribution < -0.4 is 9.46 Å². The van der Waals surface area contributed by atoms with E-state index < -0.39 is 39.1 Å². The second-order valence-corrected chi connectivity index (χ2v) is 7.79. The number of halogens is 3. The number of hydrogen-bond donors (Lipinski definition) is 1. The summed E-state index contributed by atoms with van der Waals surface area (Å²) < 4.78 is 59.2. The van der Waals surface area contributed by atoms with Crippen molar-refractivity contribution in [3.05, 3.63) is 58.1 Å². The minimum Gasteiger partial charge on any atom is -0.454 e. The normalized spacial score (nSPS) is 11.5. The Morgan fingerprint density at radius 1 is 1.15 bits per heavy atom. The molecule has 10 heteroatoms. The summed E-state index contributed by atoms with van der Waals surface area (Å²) in [5, 5.41) is 0.383. The summed E-state index contributed by atoms with van der Waals surface area (Å²) in [6.07, 6.45) is 0. The molecule has 26 heavy (non-hydrogen) atoms. The molecule has 0 saturated heterocycles. The van der Waals surface area contributed by atoms with Crippen LogP contribution in [0.5, 0.6) is 11.5 Å². The first-order chi connectivity index (χ1) is 12.0. The number of amides is 1. The highest BCUT2D eigenvalue weighted by molar-refractivity contribution is 7.87. The Hall–Kier alpha value is -2.23. The highest BCUT2D eigenvalue weighted by atomic mass is 35.5. The SMILES string of the molecule is Cc1ccc(Oc2cc(F)c(C(=O)NS(=O)(=O)N(C)C)cc2F)cc1Cl. The summed E-state index contributed by atoms with van der Waals surface area (Å²) in [6.45, 7) is 1.77. The lowest BCUT2D eigenvalue weighted by molar-refractivity contribution is 0.0975. The molecule has 1 amide bonds. The highest BCUT2D eigenvalue weighted by Crippen LogP contribution is 2.29. The summed E-state index contributed by atoms with van der Waals surface area (Å²) in [6, 6.07) is 5.79. The van der Waals surface area contributed by atoms with Gasteiger partial charge in [-0.1, -0.05) is 17.7 Å². The van der Waals surface area contributed by atoms with Crippen LogP contribution in [0.4, 0.5) is 8.78 Å². The molecule has 140 valence electrons. The molecule has 0 unspecified atom stereocenters. The van der Waals surface area contributed by atoms with E-state index in [4.69, 9.17) is 16.3 Å². The predicted molar refractivity (Wildman–Crippen MR) is 92.7 cm³/mol. The monoisotopic (exact) mass is 404 g/mol. The van der Waals surface area contributed by atoms with Crippen LogP contribution in [-0.4, -0.2) is 32.7 Å². The van der Waals surface area contributed by atoms with E-state index in [1.807, 2.05) is 0 Å². The van der Waals surface area contributed by atoms with Gasteiger partial charge in [-0.3, -0.25) is 4.79 Å². The number of aryl methyl sites for hydroxylation is 1. The Morgan fingerprint density at radius 3 is 2.38 bits per heavy atom. The van der Waals surface area contributed by atoms with Crippen molar-refractivity contribution in [3.8, 4) is 11.5 Å². The molecule has 1 N–H and O–H groups in total. The number of carbonyl (C=O) groups is 1. The number of benzene rings is 2. The van der Waals surface area contributed by atoms with E-state index in [9.17, 15) is 22.0 Å². The second kappa shape index (κ2) is 7.56. The first-order valence-electron chi connectivity index (χ1n) is 7.19. The minimum absolute atomic E-state index is 0.172. The zero-order chi connectivity index (χ0) is 19.6. The molecule has 0 fully saturated rings. The Morgan fingerprint density at radius 2 is 1.81 bits per heavy atom. The fourth-order valence-electron chi connectivity index (χ4n) is 1.81. The van der Waals surface area contributed by atoms with Gasteiger partial charge in [-0.05, 0) is 30.7 Å². The van der Waals surface area contributed by atoms with Gasteiger partial charge in [-0.15, -0.1) is 0 Å². The van der Waals surface area contributed by atoms with Crippen molar-refractivity contribution in [2.24, 2.45) is 0 Å². The summed E-state index contributed by atoms with van der Waals surface area (Å²) in [7, 11) is -1.79. The minimum atomic E-state index is -4.14. The van der Waals surface area contributed by atoms with Gasteiger partial charge in [0.2, 0.25) is 0 Å². The number of ether oxygens (including phenoxy) is 1. The fourth-order valence-corrected chi connectivity index (χ4v) is 2.51.